The maximum Gasteiger partial charge on any atom is 0.338 e. The molecular formula is C15H13ClNO4S-. The van der Waals surface area contributed by atoms with Crippen LogP contribution in [0, 0.1) is 0 Å². The van der Waals surface area contributed by atoms with E-state index in [2.05, 4.69) is 0 Å². The standard InChI is InChI=1S/C15H14ClNO4S/c1-17(22(19)20)14-8-7-10(16)9-13(14)11-5-3-4-6-12(11)15(18)21-2/h3-9H,1-2H3,(H,19,20)/p-1. The van der Waals surface area contributed by atoms with Gasteiger partial charge in [-0.2, -0.15) is 0 Å². The second kappa shape index (κ2) is 6.91. The third kappa shape index (κ3) is 3.30. The molecule has 0 radical (unpaired) electrons. The molecule has 0 aliphatic heterocycles. The quantitative estimate of drug-likeness (QED) is 0.634. The summed E-state index contributed by atoms with van der Waals surface area (Å²) in [6.07, 6.45) is 0. The Labute approximate surface area is 135 Å². The molecule has 5 nitrogen and oxygen atoms in total. The lowest BCUT2D eigenvalue weighted by Crippen LogP contribution is -2.20. The summed E-state index contributed by atoms with van der Waals surface area (Å²) in [6, 6.07) is 11.6. The lowest BCUT2D eigenvalue weighted by molar-refractivity contribution is 0.0601. The van der Waals surface area contributed by atoms with E-state index in [1.807, 2.05) is 0 Å². The topological polar surface area (TPSA) is 69.7 Å². The van der Waals surface area contributed by atoms with Crippen LogP contribution in [-0.2, 0) is 16.0 Å². The van der Waals surface area contributed by atoms with Crippen LogP contribution < -0.4 is 4.31 Å². The Morgan fingerprint density at radius 2 is 1.91 bits per heavy atom. The van der Waals surface area contributed by atoms with Crippen molar-refractivity contribution >= 4 is 34.5 Å². The largest absolute Gasteiger partial charge is 0.755 e. The van der Waals surface area contributed by atoms with Crippen molar-refractivity contribution in [1.29, 1.82) is 0 Å². The molecule has 0 aromatic heterocycles. The van der Waals surface area contributed by atoms with Crippen LogP contribution in [0.2, 0.25) is 5.02 Å². The summed E-state index contributed by atoms with van der Waals surface area (Å²) in [5.74, 6) is -0.507. The number of benzene rings is 2. The van der Waals surface area contributed by atoms with E-state index in [1.165, 1.54) is 14.2 Å². The highest BCUT2D eigenvalue weighted by atomic mass is 35.5. The molecular weight excluding hydrogens is 326 g/mol. The van der Waals surface area contributed by atoms with E-state index < -0.39 is 17.2 Å². The summed E-state index contributed by atoms with van der Waals surface area (Å²) >= 11 is 3.58. The van der Waals surface area contributed by atoms with Gasteiger partial charge in [0.15, 0.2) is 0 Å². The second-order valence-electron chi connectivity index (χ2n) is 4.41. The predicted molar refractivity (Wildman–Crippen MR) is 85.6 cm³/mol. The Kier molecular flexibility index (Phi) is 5.18. The zero-order valence-corrected chi connectivity index (χ0v) is 13.5. The molecule has 1 atom stereocenters. The lowest BCUT2D eigenvalue weighted by Gasteiger charge is -2.24. The predicted octanol–water partition coefficient (Wildman–Crippen LogP) is 3.02. The van der Waals surface area contributed by atoms with Crippen molar-refractivity contribution < 1.29 is 18.3 Å². The minimum atomic E-state index is -2.45. The number of nitrogens with zero attached hydrogens (tertiary/aromatic N) is 1. The van der Waals surface area contributed by atoms with Crippen LogP contribution in [0.3, 0.4) is 0 Å². The molecule has 0 aliphatic rings. The molecule has 22 heavy (non-hydrogen) atoms. The van der Waals surface area contributed by atoms with Crippen molar-refractivity contribution in [3.05, 3.63) is 53.1 Å². The van der Waals surface area contributed by atoms with Crippen molar-refractivity contribution in [3.8, 4) is 11.1 Å². The number of hydrogen-bond donors (Lipinski definition) is 0. The van der Waals surface area contributed by atoms with Gasteiger partial charge in [0, 0.05) is 28.9 Å². The second-order valence-corrected chi connectivity index (χ2v) is 5.83. The van der Waals surface area contributed by atoms with Crippen molar-refractivity contribution in [3.63, 3.8) is 0 Å². The lowest BCUT2D eigenvalue weighted by atomic mass is 9.98. The Hall–Kier alpha value is -1.89. The van der Waals surface area contributed by atoms with E-state index in [9.17, 15) is 13.6 Å². The molecule has 0 saturated heterocycles. The van der Waals surface area contributed by atoms with Crippen LogP contribution in [-0.4, -0.2) is 28.9 Å². The number of esters is 1. The van der Waals surface area contributed by atoms with E-state index in [0.29, 0.717) is 27.4 Å². The molecule has 0 saturated carbocycles. The summed E-state index contributed by atoms with van der Waals surface area (Å²) in [5.41, 5.74) is 1.82. The Morgan fingerprint density at radius 3 is 2.55 bits per heavy atom. The maximum atomic E-state index is 11.9. The molecule has 0 amide bonds. The first kappa shape index (κ1) is 16.5. The molecule has 0 bridgehead atoms. The number of rotatable bonds is 4. The molecule has 0 N–H and O–H groups in total. The van der Waals surface area contributed by atoms with Gasteiger partial charge < -0.3 is 13.6 Å². The summed E-state index contributed by atoms with van der Waals surface area (Å²) in [7, 11) is 2.70. The molecule has 0 spiro atoms. The Morgan fingerprint density at radius 1 is 1.23 bits per heavy atom. The van der Waals surface area contributed by atoms with Gasteiger partial charge in [0.05, 0.1) is 18.4 Å². The SMILES string of the molecule is COC(=O)c1ccccc1-c1cc(Cl)ccc1N(C)S(=O)[O-]. The Bertz CT molecular complexity index is 735. The summed E-state index contributed by atoms with van der Waals surface area (Å²) in [5, 5.41) is 0.434. The summed E-state index contributed by atoms with van der Waals surface area (Å²) in [4.78, 5) is 11.9. The monoisotopic (exact) mass is 338 g/mol. The van der Waals surface area contributed by atoms with Crippen LogP contribution in [0.4, 0.5) is 5.69 Å². The van der Waals surface area contributed by atoms with Crippen molar-refractivity contribution in [2.45, 2.75) is 0 Å². The number of hydrogen-bond acceptors (Lipinski definition) is 4. The number of carbonyl (C=O) groups excluding carboxylic acids is 1. The van der Waals surface area contributed by atoms with Crippen molar-refractivity contribution in [1.82, 2.24) is 0 Å². The number of ether oxygens (including phenoxy) is 1. The van der Waals surface area contributed by atoms with Gasteiger partial charge in [-0.15, -0.1) is 0 Å². The van der Waals surface area contributed by atoms with Gasteiger partial charge in [-0.25, -0.2) is 4.79 Å². The van der Waals surface area contributed by atoms with Gasteiger partial charge in [-0.1, -0.05) is 29.8 Å². The van der Waals surface area contributed by atoms with Crippen molar-refractivity contribution in [2.24, 2.45) is 0 Å². The smallest absolute Gasteiger partial charge is 0.338 e. The van der Waals surface area contributed by atoms with Gasteiger partial charge >= 0.3 is 5.97 Å². The van der Waals surface area contributed by atoms with Crippen LogP contribution >= 0.6 is 11.6 Å². The first-order valence-electron chi connectivity index (χ1n) is 6.26. The fourth-order valence-corrected chi connectivity index (χ4v) is 2.58. The third-order valence-electron chi connectivity index (χ3n) is 3.14. The molecule has 7 heteroatoms. The normalized spacial score (nSPS) is 11.8. The number of methoxy groups -OCH3 is 1. The minimum absolute atomic E-state index is 0.332. The zero-order valence-electron chi connectivity index (χ0n) is 11.9. The van der Waals surface area contributed by atoms with E-state index in [-0.39, 0.29) is 0 Å². The van der Waals surface area contributed by atoms with E-state index in [0.717, 1.165) is 4.31 Å². The van der Waals surface area contributed by atoms with Gasteiger partial charge in [0.1, 0.15) is 0 Å². The highest BCUT2D eigenvalue weighted by Crippen LogP contribution is 2.35. The zero-order chi connectivity index (χ0) is 16.3. The van der Waals surface area contributed by atoms with E-state index in [1.54, 1.807) is 42.5 Å². The van der Waals surface area contributed by atoms with Gasteiger partial charge in [0.25, 0.3) is 0 Å². The number of carbonyl (C=O) groups is 1. The molecule has 1 unspecified atom stereocenters. The first-order chi connectivity index (χ1) is 10.5. The fourth-order valence-electron chi connectivity index (χ4n) is 2.08. The average molecular weight is 339 g/mol. The van der Waals surface area contributed by atoms with Crippen LogP contribution in [0.1, 0.15) is 10.4 Å². The molecule has 2 aromatic rings. The molecule has 2 rings (SSSR count). The van der Waals surface area contributed by atoms with Crippen LogP contribution in [0.25, 0.3) is 11.1 Å². The maximum absolute atomic E-state index is 11.9. The van der Waals surface area contributed by atoms with Gasteiger partial charge in [-0.05, 0) is 29.8 Å². The van der Waals surface area contributed by atoms with Crippen molar-refractivity contribution in [2.75, 3.05) is 18.5 Å². The van der Waals surface area contributed by atoms with Crippen LogP contribution in [0.15, 0.2) is 42.5 Å². The minimum Gasteiger partial charge on any atom is -0.755 e. The van der Waals surface area contributed by atoms with Crippen LogP contribution in [0.5, 0.6) is 0 Å². The van der Waals surface area contributed by atoms with Gasteiger partial charge in [-0.3, -0.25) is 4.21 Å². The molecule has 0 heterocycles. The molecule has 116 valence electrons. The number of anilines is 1. The first-order valence-corrected chi connectivity index (χ1v) is 7.67. The van der Waals surface area contributed by atoms with E-state index >= 15 is 0 Å². The van der Waals surface area contributed by atoms with E-state index in [4.69, 9.17) is 16.3 Å². The van der Waals surface area contributed by atoms with Gasteiger partial charge in [0.2, 0.25) is 0 Å². The molecule has 0 aliphatic carbocycles. The molecule has 2 aromatic carbocycles. The molecule has 0 fully saturated rings. The third-order valence-corrected chi connectivity index (χ3v) is 4.02. The summed E-state index contributed by atoms with van der Waals surface area (Å²) < 4.78 is 28.3. The Balaban J connectivity index is 2.70. The fraction of sp³-hybridized carbons (Fsp3) is 0.133. The highest BCUT2D eigenvalue weighted by Gasteiger charge is 2.17. The summed E-state index contributed by atoms with van der Waals surface area (Å²) in [6.45, 7) is 0. The average Bonchev–Trinajstić information content (AvgIpc) is 2.53. The number of halogens is 1. The highest BCUT2D eigenvalue weighted by molar-refractivity contribution is 7.80.